The van der Waals surface area contributed by atoms with E-state index in [-0.39, 0.29) is 5.91 Å². The van der Waals surface area contributed by atoms with Gasteiger partial charge >= 0.3 is 0 Å². The molecule has 0 spiro atoms. The molecule has 0 bridgehead atoms. The zero-order valence-corrected chi connectivity index (χ0v) is 19.2. The Morgan fingerprint density at radius 2 is 2.03 bits per heavy atom. The normalized spacial score (nSPS) is 15.4. The highest BCUT2D eigenvalue weighted by atomic mass is 16.5. The fourth-order valence-electron chi connectivity index (χ4n) is 4.12. The van der Waals surface area contributed by atoms with Crippen LogP contribution in [0.3, 0.4) is 0 Å². The molecule has 176 valence electrons. The molecule has 0 radical (unpaired) electrons. The summed E-state index contributed by atoms with van der Waals surface area (Å²) in [5.74, 6) is 2.46. The molecule has 34 heavy (non-hydrogen) atoms. The Balaban J connectivity index is 1.32. The molecular weight excluding hydrogens is 434 g/mol. The molecule has 0 aromatic carbocycles. The number of carbonyl (C=O) groups excluding carboxylic acids is 1. The Hall–Kier alpha value is -3.92. The molecule has 4 heterocycles. The van der Waals surface area contributed by atoms with Crippen molar-refractivity contribution in [3.05, 3.63) is 53.9 Å². The van der Waals surface area contributed by atoms with E-state index in [4.69, 9.17) is 14.5 Å². The molecule has 10 heteroatoms. The second kappa shape index (κ2) is 9.52. The van der Waals surface area contributed by atoms with Gasteiger partial charge in [-0.25, -0.2) is 9.97 Å². The summed E-state index contributed by atoms with van der Waals surface area (Å²) in [6, 6.07) is 5.56. The van der Waals surface area contributed by atoms with Gasteiger partial charge in [0.1, 0.15) is 17.3 Å². The number of ether oxygens (including phenoxy) is 2. The quantitative estimate of drug-likeness (QED) is 0.577. The minimum atomic E-state index is -0.176. The number of nitrogens with one attached hydrogen (secondary N) is 2. The van der Waals surface area contributed by atoms with E-state index in [9.17, 15) is 4.79 Å². The van der Waals surface area contributed by atoms with Gasteiger partial charge in [-0.2, -0.15) is 0 Å². The van der Waals surface area contributed by atoms with Crippen LogP contribution in [-0.4, -0.2) is 51.7 Å². The number of morpholine rings is 1. The SMILES string of the molecule is CC(=O)Nc1cc(OC2=Cc3nc(Nc4cncc(N5CCOCC5)c4)n(C)c3CC2)ccn1. The van der Waals surface area contributed by atoms with E-state index in [1.54, 1.807) is 24.5 Å². The van der Waals surface area contributed by atoms with Gasteiger partial charge in [0.15, 0.2) is 0 Å². The molecule has 2 aliphatic rings. The molecule has 0 saturated carbocycles. The maximum absolute atomic E-state index is 11.3. The summed E-state index contributed by atoms with van der Waals surface area (Å²) in [5, 5.41) is 6.08. The van der Waals surface area contributed by atoms with Gasteiger partial charge in [0.25, 0.3) is 0 Å². The molecule has 0 atom stereocenters. The highest BCUT2D eigenvalue weighted by molar-refractivity contribution is 5.87. The average molecular weight is 462 g/mol. The largest absolute Gasteiger partial charge is 0.461 e. The fraction of sp³-hybridized carbons (Fsp3) is 0.333. The van der Waals surface area contributed by atoms with Gasteiger partial charge in [-0.1, -0.05) is 0 Å². The van der Waals surface area contributed by atoms with Crippen molar-refractivity contribution in [2.45, 2.75) is 19.8 Å². The van der Waals surface area contributed by atoms with Crippen molar-refractivity contribution in [1.29, 1.82) is 0 Å². The molecule has 1 aliphatic heterocycles. The third kappa shape index (κ3) is 4.86. The van der Waals surface area contributed by atoms with Gasteiger partial charge in [0, 0.05) is 57.5 Å². The second-order valence-electron chi connectivity index (χ2n) is 8.25. The van der Waals surface area contributed by atoms with E-state index in [1.165, 1.54) is 6.92 Å². The number of rotatable bonds is 6. The lowest BCUT2D eigenvalue weighted by Gasteiger charge is -2.28. The minimum Gasteiger partial charge on any atom is -0.461 e. The zero-order valence-electron chi connectivity index (χ0n) is 19.2. The van der Waals surface area contributed by atoms with Gasteiger partial charge in [0.2, 0.25) is 11.9 Å². The molecule has 3 aromatic rings. The summed E-state index contributed by atoms with van der Waals surface area (Å²) >= 11 is 0. The number of pyridine rings is 2. The van der Waals surface area contributed by atoms with Crippen molar-refractivity contribution in [2.24, 2.45) is 7.05 Å². The Bertz CT molecular complexity index is 1230. The van der Waals surface area contributed by atoms with Crippen LogP contribution < -0.4 is 20.3 Å². The Morgan fingerprint density at radius 1 is 1.18 bits per heavy atom. The molecule has 1 amide bonds. The summed E-state index contributed by atoms with van der Waals surface area (Å²) < 4.78 is 13.6. The van der Waals surface area contributed by atoms with Crippen molar-refractivity contribution in [3.63, 3.8) is 0 Å². The number of hydrogen-bond acceptors (Lipinski definition) is 8. The lowest BCUT2D eigenvalue weighted by molar-refractivity contribution is -0.114. The standard InChI is InChI=1S/C24H27N7O3/c1-16(32)27-23-13-20(5-6-26-23)34-19-3-4-22-21(12-19)29-24(30(22)2)28-17-11-18(15-25-14-17)31-7-9-33-10-8-31/h5-6,11-15H,3-4,7-10H2,1-2H3,(H,28,29)(H,26,27,32). The van der Waals surface area contributed by atoms with Crippen LogP contribution in [0.15, 0.2) is 42.5 Å². The highest BCUT2D eigenvalue weighted by Crippen LogP contribution is 2.30. The maximum Gasteiger partial charge on any atom is 0.222 e. The number of carbonyl (C=O) groups is 1. The number of imidazole rings is 1. The van der Waals surface area contributed by atoms with Crippen LogP contribution in [0.25, 0.3) is 6.08 Å². The molecule has 1 fully saturated rings. The van der Waals surface area contributed by atoms with Crippen LogP contribution in [0.5, 0.6) is 5.75 Å². The summed E-state index contributed by atoms with van der Waals surface area (Å²) in [5.41, 5.74) is 3.97. The van der Waals surface area contributed by atoms with Gasteiger partial charge in [-0.15, -0.1) is 0 Å². The molecule has 10 nitrogen and oxygen atoms in total. The van der Waals surface area contributed by atoms with Crippen molar-refractivity contribution in [1.82, 2.24) is 19.5 Å². The number of aromatic nitrogens is 4. The van der Waals surface area contributed by atoms with Crippen LogP contribution in [-0.2, 0) is 23.0 Å². The predicted molar refractivity (Wildman–Crippen MR) is 129 cm³/mol. The molecule has 0 unspecified atom stereocenters. The monoisotopic (exact) mass is 461 g/mol. The number of allylic oxidation sites excluding steroid dienone is 1. The number of fused-ring (bicyclic) bond motifs is 1. The van der Waals surface area contributed by atoms with Crippen molar-refractivity contribution < 1.29 is 14.3 Å². The smallest absolute Gasteiger partial charge is 0.222 e. The van der Waals surface area contributed by atoms with E-state index < -0.39 is 0 Å². The molecule has 3 aromatic heterocycles. The van der Waals surface area contributed by atoms with E-state index in [0.29, 0.717) is 11.6 Å². The Kier molecular flexibility index (Phi) is 6.13. The molecular formula is C24H27N7O3. The first kappa shape index (κ1) is 21.9. The number of hydrogen-bond donors (Lipinski definition) is 2. The third-order valence-electron chi connectivity index (χ3n) is 5.79. The van der Waals surface area contributed by atoms with Crippen molar-refractivity contribution in [3.8, 4) is 5.75 Å². The third-order valence-corrected chi connectivity index (χ3v) is 5.79. The minimum absolute atomic E-state index is 0.176. The fourth-order valence-corrected chi connectivity index (χ4v) is 4.12. The highest BCUT2D eigenvalue weighted by Gasteiger charge is 2.20. The summed E-state index contributed by atoms with van der Waals surface area (Å²) in [6.45, 7) is 4.63. The predicted octanol–water partition coefficient (Wildman–Crippen LogP) is 3.11. The first-order valence-corrected chi connectivity index (χ1v) is 11.3. The van der Waals surface area contributed by atoms with Crippen molar-refractivity contribution in [2.75, 3.05) is 41.8 Å². The molecule has 1 aliphatic carbocycles. The van der Waals surface area contributed by atoms with E-state index in [1.807, 2.05) is 19.3 Å². The second-order valence-corrected chi connectivity index (χ2v) is 8.25. The Labute approximate surface area is 197 Å². The Morgan fingerprint density at radius 3 is 2.85 bits per heavy atom. The topological polar surface area (TPSA) is 106 Å². The van der Waals surface area contributed by atoms with E-state index in [0.717, 1.165) is 73.6 Å². The van der Waals surface area contributed by atoms with Gasteiger partial charge in [-0.05, 0) is 18.6 Å². The molecule has 1 saturated heterocycles. The summed E-state index contributed by atoms with van der Waals surface area (Å²) in [6.07, 6.45) is 8.81. The maximum atomic E-state index is 11.3. The van der Waals surface area contributed by atoms with Crippen LogP contribution in [0.4, 0.5) is 23.1 Å². The molecule has 2 N–H and O–H groups in total. The van der Waals surface area contributed by atoms with Gasteiger partial charge in [0.05, 0.1) is 42.7 Å². The zero-order chi connectivity index (χ0) is 23.5. The first-order valence-electron chi connectivity index (χ1n) is 11.3. The van der Waals surface area contributed by atoms with Crippen LogP contribution in [0.1, 0.15) is 24.7 Å². The first-order chi connectivity index (χ1) is 16.5. The van der Waals surface area contributed by atoms with E-state index >= 15 is 0 Å². The molecule has 5 rings (SSSR count). The van der Waals surface area contributed by atoms with Crippen LogP contribution in [0, 0.1) is 0 Å². The number of amides is 1. The summed E-state index contributed by atoms with van der Waals surface area (Å²) in [4.78, 5) is 26.9. The lowest BCUT2D eigenvalue weighted by Crippen LogP contribution is -2.36. The number of nitrogens with zero attached hydrogens (tertiary/aromatic N) is 5. The number of anilines is 4. The van der Waals surface area contributed by atoms with Gasteiger partial charge < -0.3 is 29.6 Å². The average Bonchev–Trinajstić information content (AvgIpc) is 3.14. The van der Waals surface area contributed by atoms with Crippen LogP contribution >= 0.6 is 0 Å². The summed E-state index contributed by atoms with van der Waals surface area (Å²) in [7, 11) is 2.01. The lowest BCUT2D eigenvalue weighted by atomic mass is 10.1. The van der Waals surface area contributed by atoms with E-state index in [2.05, 4.69) is 36.1 Å². The van der Waals surface area contributed by atoms with Crippen LogP contribution in [0.2, 0.25) is 0 Å². The van der Waals surface area contributed by atoms with Crippen molar-refractivity contribution >= 4 is 35.1 Å². The van der Waals surface area contributed by atoms with Gasteiger partial charge in [-0.3, -0.25) is 9.78 Å².